The van der Waals surface area contributed by atoms with Gasteiger partial charge in [-0.1, -0.05) is 17.3 Å². The number of esters is 1. The van der Waals surface area contributed by atoms with Gasteiger partial charge in [-0.05, 0) is 26.0 Å². The van der Waals surface area contributed by atoms with Crippen molar-refractivity contribution in [3.63, 3.8) is 0 Å². The Morgan fingerprint density at radius 1 is 1.40 bits per heavy atom. The molecule has 2 rings (SSSR count). The van der Waals surface area contributed by atoms with Gasteiger partial charge in [0.2, 0.25) is 0 Å². The van der Waals surface area contributed by atoms with E-state index in [0.717, 1.165) is 17.0 Å². The van der Waals surface area contributed by atoms with Gasteiger partial charge in [-0.2, -0.15) is 0 Å². The fourth-order valence-corrected chi connectivity index (χ4v) is 1.96. The van der Waals surface area contributed by atoms with Crippen LogP contribution in [0.3, 0.4) is 0 Å². The first-order valence-electron chi connectivity index (χ1n) is 6.27. The average Bonchev–Trinajstić information content (AvgIpc) is 2.41. The SMILES string of the molecule is COC(=O)/C=C/ON=C1CC(C)(C)Oc2ccccc21. The molecule has 0 unspecified atom stereocenters. The molecular weight excluding hydrogens is 258 g/mol. The maximum absolute atomic E-state index is 10.9. The lowest BCUT2D eigenvalue weighted by atomic mass is 9.92. The van der Waals surface area contributed by atoms with Crippen molar-refractivity contribution in [2.24, 2.45) is 5.16 Å². The summed E-state index contributed by atoms with van der Waals surface area (Å²) in [5, 5.41) is 4.07. The van der Waals surface area contributed by atoms with Crippen LogP contribution in [0.5, 0.6) is 5.75 Å². The maximum atomic E-state index is 10.9. The monoisotopic (exact) mass is 275 g/mol. The number of carbonyl (C=O) groups is 1. The number of hydrogen-bond donors (Lipinski definition) is 0. The summed E-state index contributed by atoms with van der Waals surface area (Å²) in [7, 11) is 1.30. The van der Waals surface area contributed by atoms with Crippen LogP contribution >= 0.6 is 0 Å². The quantitative estimate of drug-likeness (QED) is 0.368. The van der Waals surface area contributed by atoms with Crippen LogP contribution in [0.25, 0.3) is 0 Å². The molecule has 0 fully saturated rings. The normalized spacial score (nSPS) is 18.4. The molecular formula is C15H17NO4. The van der Waals surface area contributed by atoms with Crippen LogP contribution in [-0.4, -0.2) is 24.4 Å². The van der Waals surface area contributed by atoms with Crippen molar-refractivity contribution in [2.45, 2.75) is 25.9 Å². The second-order valence-corrected chi connectivity index (χ2v) is 5.00. The fourth-order valence-electron chi connectivity index (χ4n) is 1.96. The highest BCUT2D eigenvalue weighted by Crippen LogP contribution is 2.33. The lowest BCUT2D eigenvalue weighted by molar-refractivity contribution is -0.135. The van der Waals surface area contributed by atoms with E-state index in [1.54, 1.807) is 0 Å². The molecule has 1 heterocycles. The molecule has 0 bridgehead atoms. The third kappa shape index (κ3) is 3.38. The minimum atomic E-state index is -0.488. The Kier molecular flexibility index (Phi) is 4.08. The van der Waals surface area contributed by atoms with E-state index in [2.05, 4.69) is 9.89 Å². The topological polar surface area (TPSA) is 57.1 Å². The van der Waals surface area contributed by atoms with Crippen molar-refractivity contribution in [1.29, 1.82) is 0 Å². The molecule has 1 aliphatic rings. The van der Waals surface area contributed by atoms with Crippen LogP contribution in [0, 0.1) is 0 Å². The van der Waals surface area contributed by atoms with Crippen molar-refractivity contribution in [2.75, 3.05) is 7.11 Å². The molecule has 0 saturated carbocycles. The summed E-state index contributed by atoms with van der Waals surface area (Å²) in [5.74, 6) is 0.293. The molecule has 1 aliphatic heterocycles. The number of oxime groups is 1. The molecule has 5 heteroatoms. The van der Waals surface area contributed by atoms with E-state index >= 15 is 0 Å². The first-order chi connectivity index (χ1) is 9.52. The lowest BCUT2D eigenvalue weighted by Gasteiger charge is -2.32. The van der Waals surface area contributed by atoms with Crippen molar-refractivity contribution < 1.29 is 19.1 Å². The largest absolute Gasteiger partial charge is 0.487 e. The second-order valence-electron chi connectivity index (χ2n) is 5.00. The van der Waals surface area contributed by atoms with E-state index in [0.29, 0.717) is 6.42 Å². The minimum Gasteiger partial charge on any atom is -0.487 e. The Hall–Kier alpha value is -2.30. The number of rotatable bonds is 3. The Morgan fingerprint density at radius 2 is 2.15 bits per heavy atom. The second kappa shape index (κ2) is 5.77. The van der Waals surface area contributed by atoms with E-state index in [4.69, 9.17) is 9.57 Å². The van der Waals surface area contributed by atoms with Crippen LogP contribution in [0.4, 0.5) is 0 Å². The first-order valence-corrected chi connectivity index (χ1v) is 6.27. The molecule has 0 spiro atoms. The van der Waals surface area contributed by atoms with E-state index in [1.165, 1.54) is 19.4 Å². The molecule has 0 N–H and O–H groups in total. The molecule has 1 aromatic rings. The van der Waals surface area contributed by atoms with Crippen molar-refractivity contribution in [3.8, 4) is 5.75 Å². The van der Waals surface area contributed by atoms with Crippen LogP contribution in [0.1, 0.15) is 25.8 Å². The van der Waals surface area contributed by atoms with Gasteiger partial charge in [0.25, 0.3) is 0 Å². The van der Waals surface area contributed by atoms with Gasteiger partial charge in [0.15, 0.2) is 0 Å². The number of fused-ring (bicyclic) bond motifs is 1. The van der Waals surface area contributed by atoms with Crippen LogP contribution in [-0.2, 0) is 14.4 Å². The van der Waals surface area contributed by atoms with Gasteiger partial charge in [-0.3, -0.25) is 0 Å². The van der Waals surface area contributed by atoms with E-state index in [1.807, 2.05) is 38.1 Å². The highest BCUT2D eigenvalue weighted by Gasteiger charge is 2.31. The highest BCUT2D eigenvalue weighted by atomic mass is 16.6. The summed E-state index contributed by atoms with van der Waals surface area (Å²) in [6, 6.07) is 7.66. The molecule has 0 radical (unpaired) electrons. The zero-order chi connectivity index (χ0) is 14.6. The maximum Gasteiger partial charge on any atom is 0.333 e. The third-order valence-electron chi connectivity index (χ3n) is 2.81. The van der Waals surface area contributed by atoms with E-state index < -0.39 is 5.97 Å². The van der Waals surface area contributed by atoms with E-state index in [-0.39, 0.29) is 5.60 Å². The minimum absolute atomic E-state index is 0.345. The smallest absolute Gasteiger partial charge is 0.333 e. The van der Waals surface area contributed by atoms with Gasteiger partial charge in [-0.15, -0.1) is 0 Å². The predicted molar refractivity (Wildman–Crippen MR) is 74.5 cm³/mol. The number of para-hydroxylation sites is 1. The third-order valence-corrected chi connectivity index (χ3v) is 2.81. The molecule has 0 aliphatic carbocycles. The zero-order valence-electron chi connectivity index (χ0n) is 11.8. The lowest BCUT2D eigenvalue weighted by Crippen LogP contribution is -2.36. The Morgan fingerprint density at radius 3 is 2.90 bits per heavy atom. The highest BCUT2D eigenvalue weighted by molar-refractivity contribution is 6.04. The van der Waals surface area contributed by atoms with Crippen molar-refractivity contribution in [3.05, 3.63) is 42.2 Å². The standard InChI is InChI=1S/C15H17NO4/c1-15(2)10-12(16-19-9-8-14(17)18-3)11-6-4-5-7-13(11)20-15/h4-9H,10H2,1-3H3/b9-8+,16-12?. The summed E-state index contributed by atoms with van der Waals surface area (Å²) in [5.41, 5.74) is 1.34. The summed E-state index contributed by atoms with van der Waals surface area (Å²) >= 11 is 0. The molecule has 0 amide bonds. The number of ether oxygens (including phenoxy) is 2. The molecule has 20 heavy (non-hydrogen) atoms. The van der Waals surface area contributed by atoms with Crippen LogP contribution < -0.4 is 4.74 Å². The Balaban J connectivity index is 2.18. The van der Waals surface area contributed by atoms with Gasteiger partial charge >= 0.3 is 5.97 Å². The Bertz CT molecular complexity index is 561. The number of methoxy groups -OCH3 is 1. The van der Waals surface area contributed by atoms with Crippen molar-refractivity contribution >= 4 is 11.7 Å². The Labute approximate surface area is 117 Å². The predicted octanol–water partition coefficient (Wildman–Crippen LogP) is 2.66. The number of benzene rings is 1. The number of hydrogen-bond acceptors (Lipinski definition) is 5. The molecule has 0 saturated heterocycles. The summed E-state index contributed by atoms with van der Waals surface area (Å²) in [4.78, 5) is 16.0. The van der Waals surface area contributed by atoms with Crippen molar-refractivity contribution in [1.82, 2.24) is 0 Å². The fraction of sp³-hybridized carbons (Fsp3) is 0.333. The summed E-state index contributed by atoms with van der Waals surface area (Å²) in [6.45, 7) is 3.98. The molecule has 0 aromatic heterocycles. The van der Waals surface area contributed by atoms with Gasteiger partial charge in [-0.25, -0.2) is 4.79 Å². The van der Waals surface area contributed by atoms with Gasteiger partial charge in [0.1, 0.15) is 17.6 Å². The van der Waals surface area contributed by atoms with E-state index in [9.17, 15) is 4.79 Å². The summed E-state index contributed by atoms with van der Waals surface area (Å²) < 4.78 is 10.3. The molecule has 1 aromatic carbocycles. The number of nitrogens with zero attached hydrogens (tertiary/aromatic N) is 1. The molecule has 0 atom stereocenters. The van der Waals surface area contributed by atoms with Gasteiger partial charge < -0.3 is 14.3 Å². The molecule has 106 valence electrons. The molecule has 5 nitrogen and oxygen atoms in total. The summed E-state index contributed by atoms with van der Waals surface area (Å²) in [6.07, 6.45) is 2.99. The van der Waals surface area contributed by atoms with Gasteiger partial charge in [0, 0.05) is 12.0 Å². The van der Waals surface area contributed by atoms with Gasteiger partial charge in [0.05, 0.1) is 18.9 Å². The first kappa shape index (κ1) is 14.1. The van der Waals surface area contributed by atoms with Crippen LogP contribution in [0.15, 0.2) is 41.8 Å². The zero-order valence-corrected chi connectivity index (χ0v) is 11.8. The van der Waals surface area contributed by atoms with Crippen LogP contribution in [0.2, 0.25) is 0 Å². The average molecular weight is 275 g/mol. The number of carbonyl (C=O) groups excluding carboxylic acids is 1.